The summed E-state index contributed by atoms with van der Waals surface area (Å²) in [6, 6.07) is 4.70. The Bertz CT molecular complexity index is 421. The summed E-state index contributed by atoms with van der Waals surface area (Å²) < 4.78 is 23.6. The average molecular weight is 269 g/mol. The number of carbonyl (C=O) groups excluding carboxylic acids is 1. The Morgan fingerprint density at radius 3 is 2.84 bits per heavy atom. The Hall–Kier alpha value is -1.62. The quantitative estimate of drug-likeness (QED) is 0.608. The lowest BCUT2D eigenvalue weighted by molar-refractivity contribution is -0.140. The van der Waals surface area contributed by atoms with E-state index in [1.165, 1.54) is 13.2 Å². The molecule has 1 atom stereocenters. The van der Waals surface area contributed by atoms with E-state index in [-0.39, 0.29) is 30.8 Å². The van der Waals surface area contributed by atoms with Gasteiger partial charge in [0.15, 0.2) is 11.6 Å². The molecule has 0 aromatic heterocycles. The molecule has 1 aromatic carbocycles. The van der Waals surface area contributed by atoms with Gasteiger partial charge in [0.05, 0.1) is 13.7 Å². The van der Waals surface area contributed by atoms with Gasteiger partial charge in [-0.15, -0.1) is 0 Å². The second-order valence-corrected chi connectivity index (χ2v) is 4.44. The largest absolute Gasteiger partial charge is 0.490 e. The van der Waals surface area contributed by atoms with Crippen LogP contribution in [0.3, 0.4) is 0 Å². The smallest absolute Gasteiger partial charge is 0.305 e. The van der Waals surface area contributed by atoms with Crippen LogP contribution in [-0.4, -0.2) is 25.7 Å². The van der Waals surface area contributed by atoms with E-state index in [4.69, 9.17) is 10.5 Å². The number of hydrogen-bond donors (Lipinski definition) is 1. The second-order valence-electron chi connectivity index (χ2n) is 4.44. The average Bonchev–Trinajstić information content (AvgIpc) is 2.36. The molecule has 0 bridgehead atoms. The maximum atomic E-state index is 13.7. The molecule has 0 heterocycles. The molecule has 1 aromatic rings. The summed E-state index contributed by atoms with van der Waals surface area (Å²) in [6.45, 7) is 2.12. The van der Waals surface area contributed by atoms with Gasteiger partial charge >= 0.3 is 5.97 Å². The summed E-state index contributed by atoms with van der Waals surface area (Å²) in [5.74, 6) is -0.478. The predicted molar refractivity (Wildman–Crippen MR) is 70.5 cm³/mol. The Morgan fingerprint density at radius 2 is 2.21 bits per heavy atom. The predicted octanol–water partition coefficient (Wildman–Crippen LogP) is 2.05. The molecule has 0 spiro atoms. The van der Waals surface area contributed by atoms with E-state index in [2.05, 4.69) is 4.74 Å². The maximum absolute atomic E-state index is 13.7. The number of rotatable bonds is 7. The first kappa shape index (κ1) is 15.4. The molecular formula is C14H20FNO3. The Balaban J connectivity index is 2.58. The fraction of sp³-hybridized carbons (Fsp3) is 0.500. The van der Waals surface area contributed by atoms with Crippen molar-refractivity contribution in [2.24, 2.45) is 5.73 Å². The first-order valence-corrected chi connectivity index (χ1v) is 6.27. The fourth-order valence-electron chi connectivity index (χ4n) is 1.72. The van der Waals surface area contributed by atoms with Gasteiger partial charge in [0.25, 0.3) is 0 Å². The lowest BCUT2D eigenvalue weighted by atomic mass is 10.1. The van der Waals surface area contributed by atoms with E-state index in [1.807, 2.05) is 6.92 Å². The van der Waals surface area contributed by atoms with Crippen molar-refractivity contribution in [3.05, 3.63) is 29.6 Å². The van der Waals surface area contributed by atoms with Gasteiger partial charge < -0.3 is 15.2 Å². The molecule has 0 saturated heterocycles. The Labute approximate surface area is 112 Å². The molecule has 0 amide bonds. The lowest BCUT2D eigenvalue weighted by Crippen LogP contribution is -2.18. The summed E-state index contributed by atoms with van der Waals surface area (Å²) in [5.41, 5.74) is 6.46. The highest BCUT2D eigenvalue weighted by Gasteiger charge is 2.11. The fourth-order valence-corrected chi connectivity index (χ4v) is 1.72. The number of para-hydroxylation sites is 1. The van der Waals surface area contributed by atoms with Crippen molar-refractivity contribution in [3.63, 3.8) is 0 Å². The number of hydrogen-bond acceptors (Lipinski definition) is 4. The Morgan fingerprint density at radius 1 is 1.47 bits per heavy atom. The minimum Gasteiger partial charge on any atom is -0.490 e. The first-order chi connectivity index (χ1) is 9.04. The van der Waals surface area contributed by atoms with Crippen molar-refractivity contribution < 1.29 is 18.7 Å². The molecule has 0 aliphatic rings. The zero-order valence-corrected chi connectivity index (χ0v) is 11.3. The molecule has 1 unspecified atom stereocenters. The van der Waals surface area contributed by atoms with Gasteiger partial charge in [0.1, 0.15) is 0 Å². The number of benzene rings is 1. The molecule has 4 nitrogen and oxygen atoms in total. The van der Waals surface area contributed by atoms with Gasteiger partial charge in [0.2, 0.25) is 0 Å². The molecule has 0 saturated carbocycles. The van der Waals surface area contributed by atoms with Crippen LogP contribution in [0.2, 0.25) is 0 Å². The van der Waals surface area contributed by atoms with Crippen LogP contribution in [0.25, 0.3) is 0 Å². The summed E-state index contributed by atoms with van der Waals surface area (Å²) in [5, 5.41) is 0. The van der Waals surface area contributed by atoms with E-state index < -0.39 is 5.82 Å². The lowest BCUT2D eigenvalue weighted by Gasteiger charge is -2.13. The molecular weight excluding hydrogens is 249 g/mol. The molecule has 0 radical (unpaired) electrons. The highest BCUT2D eigenvalue weighted by atomic mass is 19.1. The van der Waals surface area contributed by atoms with Crippen molar-refractivity contribution in [3.8, 4) is 5.75 Å². The first-order valence-electron chi connectivity index (χ1n) is 6.27. The number of ether oxygens (including phenoxy) is 2. The van der Waals surface area contributed by atoms with E-state index in [0.717, 1.165) is 5.56 Å². The SMILES string of the molecule is COC(=O)CCCOc1c(F)cccc1CC(C)N. The summed E-state index contributed by atoms with van der Waals surface area (Å²) in [7, 11) is 1.33. The van der Waals surface area contributed by atoms with Gasteiger partial charge in [-0.3, -0.25) is 4.79 Å². The van der Waals surface area contributed by atoms with Gasteiger partial charge in [-0.2, -0.15) is 0 Å². The number of methoxy groups -OCH3 is 1. The molecule has 0 aliphatic heterocycles. The van der Waals surface area contributed by atoms with Crippen LogP contribution in [0.15, 0.2) is 18.2 Å². The van der Waals surface area contributed by atoms with Gasteiger partial charge in [-0.05, 0) is 31.4 Å². The van der Waals surface area contributed by atoms with E-state index in [0.29, 0.717) is 12.8 Å². The van der Waals surface area contributed by atoms with Crippen LogP contribution in [0.1, 0.15) is 25.3 Å². The highest BCUT2D eigenvalue weighted by molar-refractivity contribution is 5.69. The third-order valence-corrected chi connectivity index (χ3v) is 2.59. The maximum Gasteiger partial charge on any atom is 0.305 e. The number of carbonyl (C=O) groups is 1. The third kappa shape index (κ3) is 5.26. The standard InChI is InChI=1S/C14H20FNO3/c1-10(16)9-11-5-3-6-12(15)14(11)19-8-4-7-13(17)18-2/h3,5-6,10H,4,7-9,16H2,1-2H3. The minimum atomic E-state index is -0.406. The van der Waals surface area contributed by atoms with Crippen LogP contribution in [0.5, 0.6) is 5.75 Å². The van der Waals surface area contributed by atoms with Crippen LogP contribution >= 0.6 is 0 Å². The van der Waals surface area contributed by atoms with Gasteiger partial charge in [0, 0.05) is 12.5 Å². The highest BCUT2D eigenvalue weighted by Crippen LogP contribution is 2.24. The molecule has 106 valence electrons. The zero-order chi connectivity index (χ0) is 14.3. The molecule has 2 N–H and O–H groups in total. The molecule has 5 heteroatoms. The van der Waals surface area contributed by atoms with Crippen molar-refractivity contribution in [2.45, 2.75) is 32.2 Å². The Kier molecular flexibility index (Phi) is 6.29. The van der Waals surface area contributed by atoms with E-state index >= 15 is 0 Å². The number of halogens is 1. The van der Waals surface area contributed by atoms with E-state index in [9.17, 15) is 9.18 Å². The second kappa shape index (κ2) is 7.74. The van der Waals surface area contributed by atoms with Crippen molar-refractivity contribution in [1.82, 2.24) is 0 Å². The minimum absolute atomic E-state index is 0.0702. The molecule has 1 rings (SSSR count). The normalized spacial score (nSPS) is 12.0. The topological polar surface area (TPSA) is 61.5 Å². The van der Waals surface area contributed by atoms with Crippen molar-refractivity contribution in [2.75, 3.05) is 13.7 Å². The summed E-state index contributed by atoms with van der Waals surface area (Å²) in [6.07, 6.45) is 1.29. The van der Waals surface area contributed by atoms with Crippen molar-refractivity contribution in [1.29, 1.82) is 0 Å². The summed E-state index contributed by atoms with van der Waals surface area (Å²) in [4.78, 5) is 10.9. The van der Waals surface area contributed by atoms with Crippen LogP contribution in [-0.2, 0) is 16.0 Å². The molecule has 0 fully saturated rings. The van der Waals surface area contributed by atoms with Crippen LogP contribution in [0, 0.1) is 5.82 Å². The molecule has 19 heavy (non-hydrogen) atoms. The van der Waals surface area contributed by atoms with Crippen molar-refractivity contribution >= 4 is 5.97 Å². The zero-order valence-electron chi connectivity index (χ0n) is 11.3. The van der Waals surface area contributed by atoms with E-state index in [1.54, 1.807) is 12.1 Å². The number of esters is 1. The van der Waals surface area contributed by atoms with Gasteiger partial charge in [-0.25, -0.2) is 4.39 Å². The summed E-state index contributed by atoms with van der Waals surface area (Å²) >= 11 is 0. The van der Waals surface area contributed by atoms with Crippen LogP contribution < -0.4 is 10.5 Å². The molecule has 0 aliphatic carbocycles. The monoisotopic (exact) mass is 269 g/mol. The van der Waals surface area contributed by atoms with Gasteiger partial charge in [-0.1, -0.05) is 12.1 Å². The number of nitrogens with two attached hydrogens (primary N) is 1. The third-order valence-electron chi connectivity index (χ3n) is 2.59. The van der Waals surface area contributed by atoms with Crippen LogP contribution in [0.4, 0.5) is 4.39 Å².